The molecule has 0 radical (unpaired) electrons. The predicted molar refractivity (Wildman–Crippen MR) is 139 cm³/mol. The van der Waals surface area contributed by atoms with E-state index >= 15 is 0 Å². The Balaban J connectivity index is 0.000000201. The van der Waals surface area contributed by atoms with Crippen LogP contribution in [0.25, 0.3) is 0 Å². The third-order valence-electron chi connectivity index (χ3n) is 6.45. The van der Waals surface area contributed by atoms with Crippen molar-refractivity contribution in [2.75, 3.05) is 53.7 Å². The lowest BCUT2D eigenvalue weighted by Gasteiger charge is -2.28. The van der Waals surface area contributed by atoms with Crippen LogP contribution >= 0.6 is 0 Å². The number of hydrogen-bond acceptors (Lipinski definition) is 8. The van der Waals surface area contributed by atoms with Crippen molar-refractivity contribution in [3.05, 3.63) is 59.7 Å². The fraction of sp³-hybridized carbons (Fsp3) is 0.571. The van der Waals surface area contributed by atoms with Crippen LogP contribution in [0.4, 0.5) is 0 Å². The van der Waals surface area contributed by atoms with Gasteiger partial charge in [-0.25, -0.2) is 0 Å². The van der Waals surface area contributed by atoms with Gasteiger partial charge in [-0.15, -0.1) is 0 Å². The van der Waals surface area contributed by atoms with E-state index in [0.29, 0.717) is 13.1 Å². The number of hydrogen-bond donors (Lipinski definition) is 2. The fourth-order valence-corrected chi connectivity index (χ4v) is 4.47. The zero-order chi connectivity index (χ0) is 25.6. The number of ether oxygens (including phenoxy) is 6. The molecule has 2 heterocycles. The number of rotatable bonds is 10. The molecule has 0 aliphatic carbocycles. The molecule has 2 aliphatic rings. The molecule has 2 aromatic rings. The first kappa shape index (κ1) is 28.4. The Bertz CT molecular complexity index is 799. The van der Waals surface area contributed by atoms with Crippen molar-refractivity contribution in [3.8, 4) is 11.5 Å². The van der Waals surface area contributed by atoms with Crippen LogP contribution in [0.5, 0.6) is 11.5 Å². The van der Waals surface area contributed by atoms with Crippen LogP contribution in [-0.4, -0.2) is 65.9 Å². The molecule has 2 aromatic carbocycles. The standard InChI is InChI=1S/2C14H21NO3/c2*1-16-13-5-3-2-4-12(13)14(10-15)18-11-6-8-17-9-7-11/h2*2-5,11,14H,6-10,15H2,1H3/t14-;/m0./s1. The first-order valence-corrected chi connectivity index (χ1v) is 12.8. The van der Waals surface area contributed by atoms with Gasteiger partial charge in [-0.3, -0.25) is 0 Å². The highest BCUT2D eigenvalue weighted by Crippen LogP contribution is 2.30. The zero-order valence-corrected chi connectivity index (χ0v) is 21.6. The summed E-state index contributed by atoms with van der Waals surface area (Å²) in [5, 5.41) is 0. The zero-order valence-electron chi connectivity index (χ0n) is 21.6. The van der Waals surface area contributed by atoms with Gasteiger partial charge in [0, 0.05) is 50.6 Å². The van der Waals surface area contributed by atoms with Crippen molar-refractivity contribution in [1.29, 1.82) is 0 Å². The maximum absolute atomic E-state index is 6.08. The normalized spacial score (nSPS) is 18.6. The Morgan fingerprint density at radius 3 is 1.36 bits per heavy atom. The highest BCUT2D eigenvalue weighted by molar-refractivity contribution is 5.36. The first-order valence-electron chi connectivity index (χ1n) is 12.8. The molecule has 2 atom stereocenters. The molecule has 2 fully saturated rings. The van der Waals surface area contributed by atoms with Crippen molar-refractivity contribution in [2.45, 2.75) is 50.1 Å². The Morgan fingerprint density at radius 2 is 1.03 bits per heavy atom. The van der Waals surface area contributed by atoms with Crippen molar-refractivity contribution in [1.82, 2.24) is 0 Å². The molecular formula is C28H42N2O6. The second kappa shape index (κ2) is 15.8. The summed E-state index contributed by atoms with van der Waals surface area (Å²) in [5.74, 6) is 1.67. The molecule has 2 aliphatic heterocycles. The molecule has 4 N–H and O–H groups in total. The van der Waals surface area contributed by atoms with Crippen molar-refractivity contribution < 1.29 is 28.4 Å². The summed E-state index contributed by atoms with van der Waals surface area (Å²) in [6.45, 7) is 4.00. The average Bonchev–Trinajstić information content (AvgIpc) is 2.96. The van der Waals surface area contributed by atoms with Crippen molar-refractivity contribution >= 4 is 0 Å². The van der Waals surface area contributed by atoms with Gasteiger partial charge < -0.3 is 39.9 Å². The van der Waals surface area contributed by atoms with Gasteiger partial charge in [-0.2, -0.15) is 0 Å². The first-order chi connectivity index (χ1) is 17.7. The van der Waals surface area contributed by atoms with Crippen LogP contribution in [0, 0.1) is 0 Å². The summed E-state index contributed by atoms with van der Waals surface area (Å²) in [6, 6.07) is 15.7. The van der Waals surface area contributed by atoms with Crippen LogP contribution in [-0.2, 0) is 18.9 Å². The minimum atomic E-state index is -0.107. The molecule has 0 saturated carbocycles. The Kier molecular flexibility index (Phi) is 12.5. The Hall–Kier alpha value is -2.20. The lowest BCUT2D eigenvalue weighted by molar-refractivity contribution is -0.0672. The van der Waals surface area contributed by atoms with E-state index in [-0.39, 0.29) is 24.4 Å². The summed E-state index contributed by atoms with van der Waals surface area (Å²) in [6.07, 6.45) is 4.00. The third kappa shape index (κ3) is 8.44. The highest BCUT2D eigenvalue weighted by Gasteiger charge is 2.23. The second-order valence-electron chi connectivity index (χ2n) is 8.83. The van der Waals surface area contributed by atoms with Crippen molar-refractivity contribution in [2.24, 2.45) is 11.5 Å². The molecule has 4 rings (SSSR count). The summed E-state index contributed by atoms with van der Waals surface area (Å²) >= 11 is 0. The van der Waals surface area contributed by atoms with Gasteiger partial charge in [-0.05, 0) is 37.8 Å². The van der Waals surface area contributed by atoms with E-state index in [1.807, 2.05) is 48.5 Å². The topological polar surface area (TPSA) is 107 Å². The van der Waals surface area contributed by atoms with E-state index in [9.17, 15) is 0 Å². The highest BCUT2D eigenvalue weighted by atomic mass is 16.5. The van der Waals surface area contributed by atoms with Gasteiger partial charge in [0.25, 0.3) is 0 Å². The van der Waals surface area contributed by atoms with Crippen LogP contribution < -0.4 is 20.9 Å². The smallest absolute Gasteiger partial charge is 0.124 e. The van der Waals surface area contributed by atoms with Crippen LogP contribution in [0.2, 0.25) is 0 Å². The van der Waals surface area contributed by atoms with E-state index in [1.54, 1.807) is 14.2 Å². The SMILES string of the molecule is COc1ccccc1C(CN)OC1CCOCC1.COc1ccccc1[C@H](CN)OC1CCOCC1. The Morgan fingerprint density at radius 1 is 0.667 bits per heavy atom. The number of methoxy groups -OCH3 is 2. The molecule has 1 unspecified atom stereocenters. The average molecular weight is 503 g/mol. The van der Waals surface area contributed by atoms with Crippen LogP contribution in [0.3, 0.4) is 0 Å². The molecular weight excluding hydrogens is 460 g/mol. The number of para-hydroxylation sites is 2. The largest absolute Gasteiger partial charge is 0.496 e. The summed E-state index contributed by atoms with van der Waals surface area (Å²) in [5.41, 5.74) is 13.7. The molecule has 0 spiro atoms. The number of nitrogens with two attached hydrogens (primary N) is 2. The van der Waals surface area contributed by atoms with Gasteiger partial charge in [0.2, 0.25) is 0 Å². The van der Waals surface area contributed by atoms with Gasteiger partial charge in [0.05, 0.1) is 38.6 Å². The third-order valence-corrected chi connectivity index (χ3v) is 6.45. The molecule has 0 bridgehead atoms. The maximum atomic E-state index is 6.08. The van der Waals surface area contributed by atoms with E-state index in [4.69, 9.17) is 39.9 Å². The minimum absolute atomic E-state index is 0.107. The van der Waals surface area contributed by atoms with E-state index in [2.05, 4.69) is 0 Å². The quantitative estimate of drug-likeness (QED) is 0.505. The minimum Gasteiger partial charge on any atom is -0.496 e. The molecule has 8 nitrogen and oxygen atoms in total. The molecule has 36 heavy (non-hydrogen) atoms. The molecule has 0 aromatic heterocycles. The molecule has 8 heteroatoms. The predicted octanol–water partition coefficient (Wildman–Crippen LogP) is 3.78. The van der Waals surface area contributed by atoms with Crippen LogP contribution in [0.15, 0.2) is 48.5 Å². The summed E-state index contributed by atoms with van der Waals surface area (Å²) in [7, 11) is 3.34. The van der Waals surface area contributed by atoms with Crippen LogP contribution in [0.1, 0.15) is 49.0 Å². The summed E-state index contributed by atoms with van der Waals surface area (Å²) in [4.78, 5) is 0. The maximum Gasteiger partial charge on any atom is 0.124 e. The van der Waals surface area contributed by atoms with E-state index < -0.39 is 0 Å². The van der Waals surface area contributed by atoms with E-state index in [1.165, 1.54) is 0 Å². The molecule has 0 amide bonds. The fourth-order valence-electron chi connectivity index (χ4n) is 4.47. The van der Waals surface area contributed by atoms with Crippen molar-refractivity contribution in [3.63, 3.8) is 0 Å². The molecule has 2 saturated heterocycles. The second-order valence-corrected chi connectivity index (χ2v) is 8.83. The van der Waals surface area contributed by atoms with Gasteiger partial charge in [0.1, 0.15) is 11.5 Å². The summed E-state index contributed by atoms with van der Waals surface area (Å²) < 4.78 is 33.5. The monoisotopic (exact) mass is 502 g/mol. The molecule has 200 valence electrons. The van der Waals surface area contributed by atoms with Gasteiger partial charge in [-0.1, -0.05) is 36.4 Å². The lowest BCUT2D eigenvalue weighted by atomic mass is 10.1. The Labute approximate surface area is 215 Å². The van der Waals surface area contributed by atoms with Gasteiger partial charge >= 0.3 is 0 Å². The lowest BCUT2D eigenvalue weighted by Crippen LogP contribution is -2.28. The van der Waals surface area contributed by atoms with Gasteiger partial charge in [0.15, 0.2) is 0 Å². The number of benzene rings is 2. The van der Waals surface area contributed by atoms with E-state index in [0.717, 1.165) is 74.7 Å².